The summed E-state index contributed by atoms with van der Waals surface area (Å²) in [5, 5.41) is 13.3. The molecule has 2 aromatic heterocycles. The van der Waals surface area contributed by atoms with Crippen LogP contribution in [0.2, 0.25) is 0 Å². The molecule has 0 aliphatic heterocycles. The number of carbonyl (C=O) groups excluding carboxylic acids is 1. The van der Waals surface area contributed by atoms with Crippen LogP contribution in [0.25, 0.3) is 0 Å². The smallest absolute Gasteiger partial charge is 0.277 e. The van der Waals surface area contributed by atoms with Gasteiger partial charge in [-0.1, -0.05) is 6.92 Å². The minimum Gasteiger partial charge on any atom is -0.396 e. The first kappa shape index (κ1) is 11.2. The predicted octanol–water partition coefficient (Wildman–Crippen LogP) is 0.540. The van der Waals surface area contributed by atoms with Crippen molar-refractivity contribution in [3.8, 4) is 0 Å². The van der Waals surface area contributed by atoms with Crippen molar-refractivity contribution in [1.29, 1.82) is 0 Å². The summed E-state index contributed by atoms with van der Waals surface area (Å²) in [6, 6.07) is 0. The molecule has 2 rings (SSSR count). The van der Waals surface area contributed by atoms with E-state index in [1.54, 1.807) is 13.2 Å². The standard InChI is InChI=1S/C10H14N6O/c1-3-6-4-12-15-9(6)14-10(17)8-7(11)5-13-16(8)2/h4-5H,3,11H2,1-2H3,(H2,12,14,15,17). The molecule has 0 aliphatic rings. The molecule has 0 atom stereocenters. The van der Waals surface area contributed by atoms with E-state index in [-0.39, 0.29) is 5.91 Å². The Bertz CT molecular complexity index is 521. The van der Waals surface area contributed by atoms with Crippen LogP contribution in [0, 0.1) is 0 Å². The van der Waals surface area contributed by atoms with Crippen molar-refractivity contribution in [2.45, 2.75) is 13.3 Å². The monoisotopic (exact) mass is 234 g/mol. The van der Waals surface area contributed by atoms with Gasteiger partial charge in [-0.05, 0) is 6.42 Å². The van der Waals surface area contributed by atoms with E-state index >= 15 is 0 Å². The Balaban J connectivity index is 2.23. The lowest BCUT2D eigenvalue weighted by Crippen LogP contribution is -2.18. The molecule has 7 nitrogen and oxygen atoms in total. The number of nitrogens with zero attached hydrogens (tertiary/aromatic N) is 3. The normalized spacial score (nSPS) is 10.5. The van der Waals surface area contributed by atoms with Gasteiger partial charge in [-0.15, -0.1) is 0 Å². The molecule has 1 amide bonds. The van der Waals surface area contributed by atoms with Crippen LogP contribution in [0.15, 0.2) is 12.4 Å². The lowest BCUT2D eigenvalue weighted by atomic mass is 10.2. The van der Waals surface area contributed by atoms with E-state index in [9.17, 15) is 4.79 Å². The molecule has 7 heteroatoms. The minimum absolute atomic E-state index is 0.304. The maximum atomic E-state index is 12.0. The minimum atomic E-state index is -0.304. The van der Waals surface area contributed by atoms with Gasteiger partial charge < -0.3 is 11.1 Å². The van der Waals surface area contributed by atoms with E-state index in [1.807, 2.05) is 6.92 Å². The number of aromatic amines is 1. The van der Waals surface area contributed by atoms with Crippen molar-refractivity contribution in [3.63, 3.8) is 0 Å². The number of carbonyl (C=O) groups is 1. The number of nitrogen functional groups attached to an aromatic ring is 1. The molecule has 90 valence electrons. The Morgan fingerprint density at radius 2 is 2.35 bits per heavy atom. The second-order valence-corrected chi connectivity index (χ2v) is 3.65. The quantitative estimate of drug-likeness (QED) is 0.721. The van der Waals surface area contributed by atoms with Crippen molar-refractivity contribution < 1.29 is 4.79 Å². The molecule has 2 heterocycles. The molecule has 0 bridgehead atoms. The molecule has 0 radical (unpaired) electrons. The molecule has 0 fully saturated rings. The van der Waals surface area contributed by atoms with Crippen LogP contribution in [-0.4, -0.2) is 25.9 Å². The van der Waals surface area contributed by atoms with Crippen molar-refractivity contribution in [2.24, 2.45) is 7.05 Å². The van der Waals surface area contributed by atoms with Crippen LogP contribution >= 0.6 is 0 Å². The van der Waals surface area contributed by atoms with Crippen LogP contribution in [0.5, 0.6) is 0 Å². The first-order valence-corrected chi connectivity index (χ1v) is 5.24. The summed E-state index contributed by atoms with van der Waals surface area (Å²) in [7, 11) is 1.67. The Morgan fingerprint density at radius 1 is 1.59 bits per heavy atom. The van der Waals surface area contributed by atoms with Gasteiger partial charge in [-0.3, -0.25) is 14.6 Å². The number of aryl methyl sites for hydroxylation is 2. The van der Waals surface area contributed by atoms with Crippen LogP contribution in [-0.2, 0) is 13.5 Å². The molecule has 0 spiro atoms. The van der Waals surface area contributed by atoms with Gasteiger partial charge >= 0.3 is 0 Å². The zero-order valence-corrected chi connectivity index (χ0v) is 9.69. The maximum absolute atomic E-state index is 12.0. The summed E-state index contributed by atoms with van der Waals surface area (Å²) < 4.78 is 1.44. The summed E-state index contributed by atoms with van der Waals surface area (Å²) >= 11 is 0. The van der Waals surface area contributed by atoms with Gasteiger partial charge in [0.25, 0.3) is 5.91 Å². The molecule has 2 aromatic rings. The largest absolute Gasteiger partial charge is 0.396 e. The molecule has 0 aromatic carbocycles. The van der Waals surface area contributed by atoms with Crippen LogP contribution in [0.1, 0.15) is 23.0 Å². The summed E-state index contributed by atoms with van der Waals surface area (Å²) in [6.07, 6.45) is 3.91. The maximum Gasteiger partial charge on any atom is 0.277 e. The summed E-state index contributed by atoms with van der Waals surface area (Å²) in [5.41, 5.74) is 7.30. The van der Waals surface area contributed by atoms with Crippen molar-refractivity contribution in [2.75, 3.05) is 11.1 Å². The second-order valence-electron chi connectivity index (χ2n) is 3.65. The van der Waals surface area contributed by atoms with E-state index in [0.29, 0.717) is 17.2 Å². The first-order valence-electron chi connectivity index (χ1n) is 5.24. The van der Waals surface area contributed by atoms with E-state index in [4.69, 9.17) is 5.73 Å². The highest BCUT2D eigenvalue weighted by atomic mass is 16.2. The summed E-state index contributed by atoms with van der Waals surface area (Å²) in [6.45, 7) is 1.99. The number of nitrogens with two attached hydrogens (primary N) is 1. The Morgan fingerprint density at radius 3 is 2.94 bits per heavy atom. The van der Waals surface area contributed by atoms with Gasteiger partial charge in [0, 0.05) is 12.6 Å². The molecular weight excluding hydrogens is 220 g/mol. The summed E-state index contributed by atoms with van der Waals surface area (Å²) in [5.74, 6) is 0.291. The highest BCUT2D eigenvalue weighted by Crippen LogP contribution is 2.15. The molecular formula is C10H14N6O. The Kier molecular flexibility index (Phi) is 2.82. The molecule has 4 N–H and O–H groups in total. The number of anilines is 2. The number of hydrogen-bond donors (Lipinski definition) is 3. The van der Waals surface area contributed by atoms with E-state index in [2.05, 4.69) is 20.6 Å². The zero-order valence-electron chi connectivity index (χ0n) is 9.69. The predicted molar refractivity (Wildman–Crippen MR) is 63.5 cm³/mol. The van der Waals surface area contributed by atoms with E-state index in [1.165, 1.54) is 10.9 Å². The lowest BCUT2D eigenvalue weighted by Gasteiger charge is -2.05. The third kappa shape index (κ3) is 1.99. The van der Waals surface area contributed by atoms with Gasteiger partial charge in [-0.25, -0.2) is 0 Å². The average Bonchev–Trinajstić information content (AvgIpc) is 2.85. The first-order chi connectivity index (χ1) is 8.13. The van der Waals surface area contributed by atoms with Gasteiger partial charge in [0.2, 0.25) is 0 Å². The van der Waals surface area contributed by atoms with Gasteiger partial charge in [-0.2, -0.15) is 10.2 Å². The molecule has 0 saturated carbocycles. The van der Waals surface area contributed by atoms with E-state index < -0.39 is 0 Å². The van der Waals surface area contributed by atoms with E-state index in [0.717, 1.165) is 12.0 Å². The highest BCUT2D eigenvalue weighted by Gasteiger charge is 2.16. The van der Waals surface area contributed by atoms with Gasteiger partial charge in [0.15, 0.2) is 0 Å². The lowest BCUT2D eigenvalue weighted by molar-refractivity contribution is 0.101. The fourth-order valence-corrected chi connectivity index (χ4v) is 1.59. The summed E-state index contributed by atoms with van der Waals surface area (Å²) in [4.78, 5) is 12.0. The van der Waals surface area contributed by atoms with Crippen LogP contribution < -0.4 is 11.1 Å². The molecule has 0 aliphatic carbocycles. The third-order valence-corrected chi connectivity index (χ3v) is 2.52. The van der Waals surface area contributed by atoms with Gasteiger partial charge in [0.1, 0.15) is 11.5 Å². The van der Waals surface area contributed by atoms with Crippen molar-refractivity contribution in [1.82, 2.24) is 20.0 Å². The third-order valence-electron chi connectivity index (χ3n) is 2.52. The number of H-pyrrole nitrogens is 1. The second kappa shape index (κ2) is 4.28. The molecule has 0 unspecified atom stereocenters. The Hall–Kier alpha value is -2.31. The number of rotatable bonds is 3. The highest BCUT2D eigenvalue weighted by molar-refractivity contribution is 6.06. The van der Waals surface area contributed by atoms with Crippen molar-refractivity contribution in [3.05, 3.63) is 23.7 Å². The number of amides is 1. The van der Waals surface area contributed by atoms with Gasteiger partial charge in [0.05, 0.1) is 18.1 Å². The number of aromatic nitrogens is 4. The average molecular weight is 234 g/mol. The fraction of sp³-hybridized carbons (Fsp3) is 0.300. The zero-order chi connectivity index (χ0) is 12.4. The van der Waals surface area contributed by atoms with Crippen LogP contribution in [0.3, 0.4) is 0 Å². The Labute approximate surface area is 98.0 Å². The molecule has 0 saturated heterocycles. The molecule has 17 heavy (non-hydrogen) atoms. The number of hydrogen-bond acceptors (Lipinski definition) is 4. The fourth-order valence-electron chi connectivity index (χ4n) is 1.59. The SMILES string of the molecule is CCc1cn[nH]c1NC(=O)c1c(N)cnn1C. The number of nitrogens with one attached hydrogen (secondary N) is 2. The topological polar surface area (TPSA) is 102 Å². The van der Waals surface area contributed by atoms with Crippen molar-refractivity contribution >= 4 is 17.4 Å². The van der Waals surface area contributed by atoms with Crippen LogP contribution in [0.4, 0.5) is 11.5 Å².